The molecule has 3 aliphatic rings. The fourth-order valence-corrected chi connectivity index (χ4v) is 6.89. The molecule has 160 valence electrons. The highest BCUT2D eigenvalue weighted by Gasteiger charge is 2.21. The van der Waals surface area contributed by atoms with E-state index in [0.717, 1.165) is 11.8 Å². The van der Waals surface area contributed by atoms with Crippen molar-refractivity contribution in [3.8, 4) is 0 Å². The van der Waals surface area contributed by atoms with Gasteiger partial charge in [0, 0.05) is 9.79 Å². The standard InChI is InChI=1S/C28H37NS/c1-3-7-11-21(12-8-4-1)23-15-17-25-27(19-23)30-28-20-24(16-18-26(28)29-25)22-13-9-5-2-6-10-14-22/h15-22,29H,1-14H2. The normalized spacial score (nSPS) is 21.3. The van der Waals surface area contributed by atoms with Crippen LogP contribution in [0.3, 0.4) is 0 Å². The first-order valence-electron chi connectivity index (χ1n) is 12.6. The molecule has 30 heavy (non-hydrogen) atoms. The molecule has 1 nitrogen and oxygen atoms in total. The Bertz CT molecular complexity index is 772. The molecule has 1 N–H and O–H groups in total. The van der Waals surface area contributed by atoms with Crippen LogP contribution in [0.5, 0.6) is 0 Å². The number of fused-ring (bicyclic) bond motifs is 2. The monoisotopic (exact) mass is 419 g/mol. The quantitative estimate of drug-likeness (QED) is 0.444. The number of hydrogen-bond acceptors (Lipinski definition) is 2. The molecule has 5 rings (SSSR count). The van der Waals surface area contributed by atoms with Crippen LogP contribution in [-0.2, 0) is 0 Å². The van der Waals surface area contributed by atoms with Crippen LogP contribution < -0.4 is 5.32 Å². The van der Waals surface area contributed by atoms with Crippen LogP contribution in [-0.4, -0.2) is 0 Å². The molecule has 2 aromatic carbocycles. The maximum atomic E-state index is 3.72. The average Bonchev–Trinajstić information content (AvgIpc) is 2.71. The van der Waals surface area contributed by atoms with Crippen molar-refractivity contribution in [1.29, 1.82) is 0 Å². The van der Waals surface area contributed by atoms with Gasteiger partial charge in [-0.3, -0.25) is 0 Å². The summed E-state index contributed by atoms with van der Waals surface area (Å²) in [5.41, 5.74) is 5.73. The molecule has 2 aliphatic carbocycles. The van der Waals surface area contributed by atoms with E-state index in [4.69, 9.17) is 0 Å². The van der Waals surface area contributed by atoms with Gasteiger partial charge in [0.05, 0.1) is 11.4 Å². The van der Waals surface area contributed by atoms with Crippen molar-refractivity contribution in [3.05, 3.63) is 47.5 Å². The Labute approximate surface area is 187 Å². The highest BCUT2D eigenvalue weighted by molar-refractivity contribution is 7.99. The number of rotatable bonds is 2. The van der Waals surface area contributed by atoms with E-state index in [1.165, 1.54) is 111 Å². The van der Waals surface area contributed by atoms with Crippen molar-refractivity contribution < 1.29 is 0 Å². The second-order valence-electron chi connectivity index (χ2n) is 9.82. The Morgan fingerprint density at radius 1 is 0.533 bits per heavy atom. The van der Waals surface area contributed by atoms with Gasteiger partial charge in [0.25, 0.3) is 0 Å². The van der Waals surface area contributed by atoms with Gasteiger partial charge in [-0.15, -0.1) is 0 Å². The lowest BCUT2D eigenvalue weighted by Gasteiger charge is -2.26. The average molecular weight is 420 g/mol. The topological polar surface area (TPSA) is 12.0 Å². The minimum atomic E-state index is 0.763. The third-order valence-electron chi connectivity index (χ3n) is 7.65. The zero-order chi connectivity index (χ0) is 20.2. The van der Waals surface area contributed by atoms with Crippen molar-refractivity contribution in [2.24, 2.45) is 0 Å². The van der Waals surface area contributed by atoms with E-state index in [9.17, 15) is 0 Å². The first kappa shape index (κ1) is 20.5. The maximum Gasteiger partial charge on any atom is 0.0526 e. The van der Waals surface area contributed by atoms with Crippen LogP contribution in [0, 0.1) is 0 Å². The molecule has 2 saturated carbocycles. The van der Waals surface area contributed by atoms with E-state index in [0.29, 0.717) is 0 Å². The maximum absolute atomic E-state index is 3.72. The number of hydrogen-bond donors (Lipinski definition) is 1. The van der Waals surface area contributed by atoms with Crippen molar-refractivity contribution in [2.45, 2.75) is 112 Å². The molecule has 0 aromatic heterocycles. The summed E-state index contributed by atoms with van der Waals surface area (Å²) < 4.78 is 0. The van der Waals surface area contributed by atoms with Gasteiger partial charge in [0.15, 0.2) is 0 Å². The van der Waals surface area contributed by atoms with Gasteiger partial charge in [-0.25, -0.2) is 0 Å². The van der Waals surface area contributed by atoms with Gasteiger partial charge in [-0.1, -0.05) is 88.1 Å². The molecule has 0 radical (unpaired) electrons. The molecule has 1 heterocycles. The predicted octanol–water partition coefficient (Wildman–Crippen LogP) is 9.55. The Kier molecular flexibility index (Phi) is 6.70. The Morgan fingerprint density at radius 2 is 0.933 bits per heavy atom. The molecule has 0 spiro atoms. The van der Waals surface area contributed by atoms with Crippen molar-refractivity contribution in [2.75, 3.05) is 5.32 Å². The van der Waals surface area contributed by atoms with Gasteiger partial charge in [0.1, 0.15) is 0 Å². The van der Waals surface area contributed by atoms with E-state index in [1.54, 1.807) is 11.1 Å². The van der Waals surface area contributed by atoms with Crippen molar-refractivity contribution in [3.63, 3.8) is 0 Å². The second-order valence-corrected chi connectivity index (χ2v) is 10.9. The van der Waals surface area contributed by atoms with E-state index in [-0.39, 0.29) is 0 Å². The lowest BCUT2D eigenvalue weighted by atomic mass is 9.86. The summed E-state index contributed by atoms with van der Waals surface area (Å²) >= 11 is 1.99. The third-order valence-corrected chi connectivity index (χ3v) is 8.77. The zero-order valence-electron chi connectivity index (χ0n) is 18.4. The smallest absolute Gasteiger partial charge is 0.0526 e. The summed E-state index contributed by atoms with van der Waals surface area (Å²) in [5, 5.41) is 3.72. The van der Waals surface area contributed by atoms with E-state index < -0.39 is 0 Å². The summed E-state index contributed by atoms with van der Waals surface area (Å²) in [7, 11) is 0. The molecule has 0 unspecified atom stereocenters. The summed E-state index contributed by atoms with van der Waals surface area (Å²) in [4.78, 5) is 2.86. The molecule has 1 aliphatic heterocycles. The fraction of sp³-hybridized carbons (Fsp3) is 0.571. The largest absolute Gasteiger partial charge is 0.354 e. The summed E-state index contributed by atoms with van der Waals surface area (Å²) in [6.45, 7) is 0. The Hall–Kier alpha value is -1.41. The van der Waals surface area contributed by atoms with Crippen molar-refractivity contribution in [1.82, 2.24) is 0 Å². The van der Waals surface area contributed by atoms with Gasteiger partial charge < -0.3 is 5.32 Å². The lowest BCUT2D eigenvalue weighted by molar-refractivity contribution is 0.455. The minimum absolute atomic E-state index is 0.763. The van der Waals surface area contributed by atoms with Gasteiger partial charge in [0.2, 0.25) is 0 Å². The first-order valence-corrected chi connectivity index (χ1v) is 13.4. The molecule has 0 saturated heterocycles. The molecule has 0 amide bonds. The van der Waals surface area contributed by atoms with Crippen LogP contribution >= 0.6 is 11.8 Å². The first-order chi connectivity index (χ1) is 14.9. The predicted molar refractivity (Wildman–Crippen MR) is 130 cm³/mol. The van der Waals surface area contributed by atoms with Gasteiger partial charge in [-0.05, 0) is 72.9 Å². The van der Waals surface area contributed by atoms with Crippen LogP contribution in [0.2, 0.25) is 0 Å². The van der Waals surface area contributed by atoms with Crippen LogP contribution in [0.4, 0.5) is 11.4 Å². The number of anilines is 2. The zero-order valence-corrected chi connectivity index (χ0v) is 19.2. The Morgan fingerprint density at radius 3 is 1.37 bits per heavy atom. The molecule has 0 atom stereocenters. The third kappa shape index (κ3) is 4.74. The number of benzene rings is 2. The van der Waals surface area contributed by atoms with Gasteiger partial charge >= 0.3 is 0 Å². The number of nitrogens with one attached hydrogen (secondary N) is 1. The van der Waals surface area contributed by atoms with E-state index in [1.807, 2.05) is 11.8 Å². The fourth-order valence-electron chi connectivity index (χ4n) is 5.80. The van der Waals surface area contributed by atoms with Crippen LogP contribution in [0.15, 0.2) is 46.2 Å². The van der Waals surface area contributed by atoms with Crippen LogP contribution in [0.1, 0.15) is 113 Å². The molecular weight excluding hydrogens is 382 g/mol. The minimum Gasteiger partial charge on any atom is -0.354 e. The molecule has 2 heteroatoms. The van der Waals surface area contributed by atoms with Crippen molar-refractivity contribution >= 4 is 23.1 Å². The summed E-state index contributed by atoms with van der Waals surface area (Å²) in [5.74, 6) is 1.53. The Balaban J connectivity index is 1.35. The van der Waals surface area contributed by atoms with Crippen LogP contribution in [0.25, 0.3) is 0 Å². The lowest BCUT2D eigenvalue weighted by Crippen LogP contribution is -2.06. The SMILES string of the molecule is c1cc2c(cc1C1CCCCCCC1)Sc1cc(C3CCCCCCC3)ccc1N2. The van der Waals surface area contributed by atoms with E-state index >= 15 is 0 Å². The molecule has 0 bridgehead atoms. The summed E-state index contributed by atoms with van der Waals surface area (Å²) in [6.07, 6.45) is 19.7. The highest BCUT2D eigenvalue weighted by Crippen LogP contribution is 2.47. The summed E-state index contributed by atoms with van der Waals surface area (Å²) in [6, 6.07) is 14.5. The molecule has 2 fully saturated rings. The highest BCUT2D eigenvalue weighted by atomic mass is 32.2. The van der Waals surface area contributed by atoms with Gasteiger partial charge in [-0.2, -0.15) is 0 Å². The molecular formula is C28H37NS. The molecule has 2 aromatic rings. The second kappa shape index (κ2) is 9.81. The van der Waals surface area contributed by atoms with E-state index in [2.05, 4.69) is 41.7 Å².